The maximum atomic E-state index is 11.2. The maximum absolute atomic E-state index is 11.2. The van der Waals surface area contributed by atoms with Crippen LogP contribution in [0.5, 0.6) is 0 Å². The van der Waals surface area contributed by atoms with E-state index < -0.39 is 0 Å². The van der Waals surface area contributed by atoms with Gasteiger partial charge in [-0.2, -0.15) is 0 Å². The molecular formula is C11H21ClN2O. The SMILES string of the molecule is CCN(CC)C(C)C1CCCN1C(=O)Cl. The van der Waals surface area contributed by atoms with E-state index in [0.29, 0.717) is 12.1 Å². The predicted octanol–water partition coefficient (Wildman–Crippen LogP) is 2.54. The van der Waals surface area contributed by atoms with E-state index in [1.807, 2.05) is 4.90 Å². The third-order valence-corrected chi connectivity index (χ3v) is 3.69. The number of hydrogen-bond acceptors (Lipinski definition) is 2. The second-order valence-electron chi connectivity index (χ2n) is 4.12. The molecule has 15 heavy (non-hydrogen) atoms. The summed E-state index contributed by atoms with van der Waals surface area (Å²) in [5, 5.41) is -0.295. The number of halogens is 1. The Bertz CT molecular complexity index is 219. The van der Waals surface area contributed by atoms with Crippen LogP contribution in [0, 0.1) is 0 Å². The molecule has 0 radical (unpaired) electrons. The van der Waals surface area contributed by atoms with Crippen molar-refractivity contribution < 1.29 is 4.79 Å². The highest BCUT2D eigenvalue weighted by atomic mass is 35.5. The van der Waals surface area contributed by atoms with Crippen LogP contribution in [-0.2, 0) is 0 Å². The van der Waals surface area contributed by atoms with Crippen LogP contribution >= 0.6 is 11.6 Å². The molecule has 88 valence electrons. The van der Waals surface area contributed by atoms with Crippen LogP contribution in [0.1, 0.15) is 33.6 Å². The Hall–Kier alpha value is -0.280. The standard InChI is InChI=1S/C11H21ClN2O/c1-4-13(5-2)9(3)10-7-6-8-14(10)11(12)15/h9-10H,4-8H2,1-3H3. The number of nitrogens with zero attached hydrogens (tertiary/aromatic N) is 2. The number of likely N-dealkylation sites (N-methyl/N-ethyl adjacent to an activating group) is 1. The van der Waals surface area contributed by atoms with Crippen LogP contribution in [0.15, 0.2) is 0 Å². The van der Waals surface area contributed by atoms with Gasteiger partial charge in [-0.15, -0.1) is 0 Å². The van der Waals surface area contributed by atoms with E-state index >= 15 is 0 Å². The van der Waals surface area contributed by atoms with Gasteiger partial charge in [-0.25, -0.2) is 0 Å². The minimum atomic E-state index is -0.295. The third kappa shape index (κ3) is 2.85. The van der Waals surface area contributed by atoms with Crippen molar-refractivity contribution in [3.8, 4) is 0 Å². The second-order valence-corrected chi connectivity index (χ2v) is 4.44. The Kier molecular flexibility index (Phi) is 4.87. The van der Waals surface area contributed by atoms with Crippen LogP contribution in [0.3, 0.4) is 0 Å². The van der Waals surface area contributed by atoms with Crippen LogP contribution in [0.25, 0.3) is 0 Å². The van der Waals surface area contributed by atoms with Gasteiger partial charge in [0.1, 0.15) is 0 Å². The average molecular weight is 233 g/mol. The van der Waals surface area contributed by atoms with Gasteiger partial charge in [0.05, 0.1) is 0 Å². The minimum absolute atomic E-state index is 0.295. The Morgan fingerprint density at radius 2 is 2.13 bits per heavy atom. The molecule has 1 fully saturated rings. The van der Waals surface area contributed by atoms with Gasteiger partial charge in [0.15, 0.2) is 0 Å². The zero-order valence-corrected chi connectivity index (χ0v) is 10.6. The van der Waals surface area contributed by atoms with E-state index in [-0.39, 0.29) is 5.37 Å². The molecule has 0 aromatic rings. The lowest BCUT2D eigenvalue weighted by Crippen LogP contribution is -2.48. The normalized spacial score (nSPS) is 23.5. The van der Waals surface area contributed by atoms with Crippen molar-refractivity contribution in [2.24, 2.45) is 0 Å². The van der Waals surface area contributed by atoms with Crippen molar-refractivity contribution in [3.05, 3.63) is 0 Å². The number of carbonyl (C=O) groups is 1. The monoisotopic (exact) mass is 232 g/mol. The summed E-state index contributed by atoms with van der Waals surface area (Å²) >= 11 is 5.58. The Labute approximate surface area is 97.4 Å². The van der Waals surface area contributed by atoms with Crippen molar-refractivity contribution in [3.63, 3.8) is 0 Å². The molecule has 0 bridgehead atoms. The van der Waals surface area contributed by atoms with E-state index in [4.69, 9.17) is 11.6 Å². The molecule has 0 spiro atoms. The topological polar surface area (TPSA) is 23.6 Å². The largest absolute Gasteiger partial charge is 0.325 e. The summed E-state index contributed by atoms with van der Waals surface area (Å²) in [5.41, 5.74) is 0. The fourth-order valence-electron chi connectivity index (χ4n) is 2.56. The molecule has 0 aliphatic carbocycles. The second kappa shape index (κ2) is 5.71. The van der Waals surface area contributed by atoms with Crippen LogP contribution in [0.4, 0.5) is 4.79 Å². The number of carbonyl (C=O) groups excluding carboxylic acids is 1. The first-order valence-corrected chi connectivity index (χ1v) is 6.19. The third-order valence-electron chi connectivity index (χ3n) is 3.47. The highest BCUT2D eigenvalue weighted by Gasteiger charge is 2.33. The molecule has 1 aliphatic rings. The zero-order valence-electron chi connectivity index (χ0n) is 9.87. The fraction of sp³-hybridized carbons (Fsp3) is 0.909. The van der Waals surface area contributed by atoms with E-state index in [2.05, 4.69) is 25.7 Å². The summed E-state index contributed by atoms with van der Waals surface area (Å²) in [6.07, 6.45) is 2.16. The van der Waals surface area contributed by atoms with Gasteiger partial charge in [0, 0.05) is 18.6 Å². The molecule has 2 unspecified atom stereocenters. The summed E-state index contributed by atoms with van der Waals surface area (Å²) in [6.45, 7) is 9.37. The van der Waals surface area contributed by atoms with Gasteiger partial charge in [-0.05, 0) is 44.5 Å². The van der Waals surface area contributed by atoms with Crippen LogP contribution in [-0.4, -0.2) is 46.9 Å². The van der Waals surface area contributed by atoms with Gasteiger partial charge in [-0.1, -0.05) is 13.8 Å². The van der Waals surface area contributed by atoms with Gasteiger partial charge >= 0.3 is 5.37 Å². The summed E-state index contributed by atoms with van der Waals surface area (Å²) in [6, 6.07) is 0.708. The molecule has 3 nitrogen and oxygen atoms in total. The molecule has 1 aliphatic heterocycles. The first-order valence-electron chi connectivity index (χ1n) is 5.81. The molecule has 4 heteroatoms. The van der Waals surface area contributed by atoms with Gasteiger partial charge in [-0.3, -0.25) is 9.69 Å². The van der Waals surface area contributed by atoms with Crippen molar-refractivity contribution in [1.82, 2.24) is 9.80 Å². The molecule has 0 N–H and O–H groups in total. The molecule has 0 aromatic carbocycles. The van der Waals surface area contributed by atoms with Gasteiger partial charge in [0.25, 0.3) is 0 Å². The molecule has 0 aromatic heterocycles. The first-order chi connectivity index (χ1) is 7.11. The molecular weight excluding hydrogens is 212 g/mol. The van der Waals surface area contributed by atoms with Crippen molar-refractivity contribution in [1.29, 1.82) is 0 Å². The summed E-state index contributed by atoms with van der Waals surface area (Å²) in [7, 11) is 0. The Morgan fingerprint density at radius 1 is 1.53 bits per heavy atom. The van der Waals surface area contributed by atoms with Crippen molar-refractivity contribution >= 4 is 17.0 Å². The van der Waals surface area contributed by atoms with E-state index in [1.54, 1.807) is 0 Å². The minimum Gasteiger partial charge on any atom is -0.325 e. The zero-order chi connectivity index (χ0) is 11.4. The summed E-state index contributed by atoms with van der Waals surface area (Å²) in [5.74, 6) is 0. The average Bonchev–Trinajstić information content (AvgIpc) is 2.67. The molecule has 1 saturated heterocycles. The van der Waals surface area contributed by atoms with E-state index in [9.17, 15) is 4.79 Å². The summed E-state index contributed by atoms with van der Waals surface area (Å²) < 4.78 is 0. The Balaban J connectivity index is 2.64. The quantitative estimate of drug-likeness (QED) is 0.550. The molecule has 0 saturated carbocycles. The van der Waals surface area contributed by atoms with E-state index in [1.165, 1.54) is 0 Å². The number of likely N-dealkylation sites (tertiary alicyclic amines) is 1. The highest BCUT2D eigenvalue weighted by Crippen LogP contribution is 2.24. The van der Waals surface area contributed by atoms with Crippen molar-refractivity contribution in [2.75, 3.05) is 19.6 Å². The van der Waals surface area contributed by atoms with Gasteiger partial charge in [0.2, 0.25) is 0 Å². The number of rotatable bonds is 4. The lowest BCUT2D eigenvalue weighted by Gasteiger charge is -2.35. The van der Waals surface area contributed by atoms with Crippen LogP contribution in [0.2, 0.25) is 0 Å². The van der Waals surface area contributed by atoms with Crippen molar-refractivity contribution in [2.45, 2.75) is 45.7 Å². The lowest BCUT2D eigenvalue weighted by molar-refractivity contribution is 0.140. The molecule has 1 amide bonds. The van der Waals surface area contributed by atoms with E-state index in [0.717, 1.165) is 32.5 Å². The van der Waals surface area contributed by atoms with Crippen LogP contribution < -0.4 is 0 Å². The lowest BCUT2D eigenvalue weighted by atomic mass is 10.1. The Morgan fingerprint density at radius 3 is 2.60 bits per heavy atom. The van der Waals surface area contributed by atoms with Gasteiger partial charge < -0.3 is 4.90 Å². The molecule has 1 heterocycles. The molecule has 2 atom stereocenters. The maximum Gasteiger partial charge on any atom is 0.316 e. The highest BCUT2D eigenvalue weighted by molar-refractivity contribution is 6.62. The first kappa shape index (κ1) is 12.8. The predicted molar refractivity (Wildman–Crippen MR) is 63.4 cm³/mol. The fourth-order valence-corrected chi connectivity index (χ4v) is 2.77. The number of hydrogen-bond donors (Lipinski definition) is 0. The smallest absolute Gasteiger partial charge is 0.316 e. The number of amides is 1. The summed E-state index contributed by atoms with van der Waals surface area (Å²) in [4.78, 5) is 15.4. The molecule has 1 rings (SSSR count).